The van der Waals surface area contributed by atoms with E-state index in [4.69, 9.17) is 11.5 Å². The third-order valence-electron chi connectivity index (χ3n) is 3.74. The number of hydrogen-bond donors (Lipinski definition) is 2. The minimum Gasteiger partial charge on any atom is -0.393 e. The van der Waals surface area contributed by atoms with Gasteiger partial charge in [0.25, 0.3) is 0 Å². The van der Waals surface area contributed by atoms with E-state index in [-0.39, 0.29) is 11.6 Å². The lowest BCUT2D eigenvalue weighted by Crippen LogP contribution is -2.38. The van der Waals surface area contributed by atoms with E-state index in [9.17, 15) is 9.59 Å². The molecule has 0 saturated carbocycles. The van der Waals surface area contributed by atoms with Gasteiger partial charge in [-0.15, -0.1) is 0 Å². The van der Waals surface area contributed by atoms with Crippen LogP contribution in [-0.4, -0.2) is 16.6 Å². The molecule has 114 valence electrons. The third kappa shape index (κ3) is 2.67. The number of benzene rings is 1. The van der Waals surface area contributed by atoms with Gasteiger partial charge in [-0.1, -0.05) is 4.98 Å². The number of nitrogens with zero attached hydrogens (tertiary/aromatic N) is 2. The van der Waals surface area contributed by atoms with E-state index in [1.54, 1.807) is 29.8 Å². The molecule has 1 aromatic carbocycles. The van der Waals surface area contributed by atoms with Crippen LogP contribution in [0.25, 0.3) is 11.3 Å². The van der Waals surface area contributed by atoms with Gasteiger partial charge in [-0.3, -0.25) is 15.3 Å². The van der Waals surface area contributed by atoms with Crippen molar-refractivity contribution in [2.24, 2.45) is 7.05 Å². The number of carbonyl (C=O) groups excluding carboxylic acids is 2. The van der Waals surface area contributed by atoms with Crippen molar-refractivity contribution in [1.29, 1.82) is 0 Å². The van der Waals surface area contributed by atoms with Crippen LogP contribution in [0, 0.1) is 6.92 Å². The Morgan fingerprint density at radius 2 is 1.55 bits per heavy atom. The second-order valence-corrected chi connectivity index (χ2v) is 5.29. The molecule has 0 aliphatic heterocycles. The highest BCUT2D eigenvalue weighted by molar-refractivity contribution is 6.01. The van der Waals surface area contributed by atoms with Gasteiger partial charge in [0, 0.05) is 16.7 Å². The standard InChI is InChI=1S/C16H18N4O2/c1-8-14(17)15(19-16(18)20(8)4)13-6-11(9(2)21)5-12(7-13)10(3)22/h5-7,18H,17H2,1-4H3/p+1. The first kappa shape index (κ1) is 15.6. The van der Waals surface area contributed by atoms with Crippen LogP contribution in [0.3, 0.4) is 0 Å². The van der Waals surface area contributed by atoms with Crippen molar-refractivity contribution in [3.05, 3.63) is 35.0 Å². The van der Waals surface area contributed by atoms with Crippen LogP contribution in [0.1, 0.15) is 40.3 Å². The van der Waals surface area contributed by atoms with Crippen LogP contribution in [0.15, 0.2) is 18.2 Å². The molecule has 0 atom stereocenters. The van der Waals surface area contributed by atoms with Crippen LogP contribution >= 0.6 is 0 Å². The maximum Gasteiger partial charge on any atom is 0.389 e. The number of carbonyl (C=O) groups is 2. The summed E-state index contributed by atoms with van der Waals surface area (Å²) >= 11 is 0. The maximum absolute atomic E-state index is 11.7. The summed E-state index contributed by atoms with van der Waals surface area (Å²) in [7, 11) is 1.77. The predicted molar refractivity (Wildman–Crippen MR) is 84.4 cm³/mol. The number of hydrogen-bond acceptors (Lipinski definition) is 5. The normalized spacial score (nSPS) is 10.5. The molecule has 22 heavy (non-hydrogen) atoms. The second kappa shape index (κ2) is 5.55. The molecule has 0 aliphatic rings. The van der Waals surface area contributed by atoms with Gasteiger partial charge in [0.2, 0.25) is 0 Å². The van der Waals surface area contributed by atoms with Crippen molar-refractivity contribution in [3.8, 4) is 11.3 Å². The summed E-state index contributed by atoms with van der Waals surface area (Å²) < 4.78 is 1.68. The highest BCUT2D eigenvalue weighted by Gasteiger charge is 2.20. The van der Waals surface area contributed by atoms with E-state index in [1.807, 2.05) is 6.92 Å². The molecule has 0 saturated heterocycles. The number of rotatable bonds is 3. The minimum atomic E-state index is -0.130. The van der Waals surface area contributed by atoms with Gasteiger partial charge in [-0.2, -0.15) is 0 Å². The van der Waals surface area contributed by atoms with Gasteiger partial charge >= 0.3 is 5.95 Å². The van der Waals surface area contributed by atoms with E-state index >= 15 is 0 Å². The summed E-state index contributed by atoms with van der Waals surface area (Å²) in [6.07, 6.45) is 0. The monoisotopic (exact) mass is 299 g/mol. The lowest BCUT2D eigenvalue weighted by atomic mass is 9.98. The minimum absolute atomic E-state index is 0.130. The summed E-state index contributed by atoms with van der Waals surface area (Å²) in [5.41, 5.74) is 15.2. The Morgan fingerprint density at radius 3 is 2.00 bits per heavy atom. The van der Waals surface area contributed by atoms with Crippen LogP contribution in [0.5, 0.6) is 0 Å². The molecule has 2 rings (SSSR count). The molecule has 0 amide bonds. The van der Waals surface area contributed by atoms with Gasteiger partial charge in [0.05, 0.1) is 7.05 Å². The summed E-state index contributed by atoms with van der Waals surface area (Å²) in [6, 6.07) is 4.92. The van der Waals surface area contributed by atoms with Gasteiger partial charge in [0.1, 0.15) is 11.4 Å². The molecule has 1 heterocycles. The lowest BCUT2D eigenvalue weighted by molar-refractivity contribution is -0.664. The van der Waals surface area contributed by atoms with Gasteiger partial charge in [-0.05, 0) is 39.0 Å². The summed E-state index contributed by atoms with van der Waals surface area (Å²) in [5.74, 6) is 0.0440. The molecule has 0 unspecified atom stereocenters. The lowest BCUT2D eigenvalue weighted by Gasteiger charge is -2.10. The van der Waals surface area contributed by atoms with E-state index in [0.717, 1.165) is 5.69 Å². The first-order valence-corrected chi connectivity index (χ1v) is 6.81. The molecule has 2 aromatic rings. The van der Waals surface area contributed by atoms with Crippen molar-refractivity contribution in [1.82, 2.24) is 4.98 Å². The maximum atomic E-state index is 11.7. The molecule has 0 fully saturated rings. The first-order valence-electron chi connectivity index (χ1n) is 6.81. The number of anilines is 2. The van der Waals surface area contributed by atoms with Crippen LogP contribution in [-0.2, 0) is 7.05 Å². The predicted octanol–water partition coefficient (Wildman–Crippen LogP) is 1.45. The number of nitrogens with two attached hydrogens (primary N) is 2. The smallest absolute Gasteiger partial charge is 0.389 e. The van der Waals surface area contributed by atoms with Crippen LogP contribution in [0.4, 0.5) is 11.6 Å². The topological polar surface area (TPSA) is 103 Å². The van der Waals surface area contributed by atoms with Crippen molar-refractivity contribution in [3.63, 3.8) is 0 Å². The summed E-state index contributed by atoms with van der Waals surface area (Å²) in [4.78, 5) is 27.7. The van der Waals surface area contributed by atoms with Crippen molar-refractivity contribution in [2.75, 3.05) is 11.5 Å². The molecule has 0 spiro atoms. The zero-order chi connectivity index (χ0) is 16.6. The molecular formula is C16H19N4O2+. The Labute approximate surface area is 128 Å². The zero-order valence-electron chi connectivity index (χ0n) is 13.1. The number of nitrogen functional groups attached to an aromatic ring is 2. The van der Waals surface area contributed by atoms with Crippen molar-refractivity contribution >= 4 is 23.2 Å². The Hall–Kier alpha value is -2.76. The van der Waals surface area contributed by atoms with Gasteiger partial charge in [0.15, 0.2) is 17.3 Å². The second-order valence-electron chi connectivity index (χ2n) is 5.29. The first-order chi connectivity index (χ1) is 10.2. The van der Waals surface area contributed by atoms with Crippen molar-refractivity contribution < 1.29 is 14.2 Å². The highest BCUT2D eigenvalue weighted by Crippen LogP contribution is 2.28. The molecular weight excluding hydrogens is 280 g/mol. The average Bonchev–Trinajstić information content (AvgIpc) is 2.48. The van der Waals surface area contributed by atoms with E-state index in [0.29, 0.717) is 34.0 Å². The summed E-state index contributed by atoms with van der Waals surface area (Å²) in [6.45, 7) is 4.73. The van der Waals surface area contributed by atoms with Crippen LogP contribution in [0.2, 0.25) is 0 Å². The fraction of sp³-hybridized carbons (Fsp3) is 0.250. The fourth-order valence-corrected chi connectivity index (χ4v) is 2.16. The molecule has 6 heteroatoms. The molecule has 6 nitrogen and oxygen atoms in total. The highest BCUT2D eigenvalue weighted by atomic mass is 16.1. The zero-order valence-corrected chi connectivity index (χ0v) is 13.1. The Bertz CT molecular complexity index is 765. The number of Topliss-reactive ketones (excluding diaryl/α,β-unsaturated/α-hetero) is 2. The molecule has 0 bridgehead atoms. The average molecular weight is 299 g/mol. The third-order valence-corrected chi connectivity index (χ3v) is 3.74. The molecule has 1 aromatic heterocycles. The largest absolute Gasteiger partial charge is 0.393 e. The Morgan fingerprint density at radius 1 is 1.05 bits per heavy atom. The van der Waals surface area contributed by atoms with E-state index in [2.05, 4.69) is 4.98 Å². The molecule has 0 radical (unpaired) electrons. The molecule has 4 N–H and O–H groups in total. The number of ketones is 2. The van der Waals surface area contributed by atoms with Gasteiger partial charge < -0.3 is 5.73 Å². The molecule has 0 aliphatic carbocycles. The van der Waals surface area contributed by atoms with E-state index in [1.165, 1.54) is 13.8 Å². The van der Waals surface area contributed by atoms with Gasteiger partial charge in [-0.25, -0.2) is 4.57 Å². The Kier molecular flexibility index (Phi) is 3.95. The fourth-order valence-electron chi connectivity index (χ4n) is 2.16. The Balaban J connectivity index is 2.77. The van der Waals surface area contributed by atoms with E-state index < -0.39 is 0 Å². The summed E-state index contributed by atoms with van der Waals surface area (Å²) in [5, 5.41) is 0. The quantitative estimate of drug-likeness (QED) is 0.659. The number of aromatic nitrogens is 2. The SMILES string of the molecule is CC(=O)c1cc(C(C)=O)cc(-c2nc(N)[n+](C)c(C)c2N)c1. The van der Waals surface area contributed by atoms with Crippen LogP contribution < -0.4 is 16.0 Å². The van der Waals surface area contributed by atoms with Crippen molar-refractivity contribution in [2.45, 2.75) is 20.8 Å².